The number of carbonyl (C=O) groups excluding carboxylic acids is 1. The van der Waals surface area contributed by atoms with Crippen molar-refractivity contribution < 1.29 is 18.3 Å². The lowest BCUT2D eigenvalue weighted by Crippen LogP contribution is -2.22. The van der Waals surface area contributed by atoms with Gasteiger partial charge in [-0.1, -0.05) is 0 Å². The second-order valence-electron chi connectivity index (χ2n) is 3.32. The molecule has 0 aliphatic heterocycles. The van der Waals surface area contributed by atoms with Gasteiger partial charge in [0.05, 0.1) is 19.2 Å². The SMILES string of the molecule is COC(=O)Cc1c(CN)cc(C(F)F)[nH]c1=O. The lowest BCUT2D eigenvalue weighted by Gasteiger charge is -2.08. The molecule has 0 saturated carbocycles. The monoisotopic (exact) mass is 246 g/mol. The van der Waals surface area contributed by atoms with E-state index in [0.29, 0.717) is 0 Å². The molecule has 1 aromatic heterocycles. The third-order valence-corrected chi connectivity index (χ3v) is 2.25. The number of halogens is 2. The molecule has 1 rings (SSSR count). The Hall–Kier alpha value is -1.76. The van der Waals surface area contributed by atoms with Gasteiger partial charge in [-0.3, -0.25) is 9.59 Å². The van der Waals surface area contributed by atoms with Crippen LogP contribution in [0.3, 0.4) is 0 Å². The molecule has 0 saturated heterocycles. The van der Waals surface area contributed by atoms with Gasteiger partial charge in [-0.2, -0.15) is 0 Å². The average molecular weight is 246 g/mol. The Morgan fingerprint density at radius 3 is 2.71 bits per heavy atom. The lowest BCUT2D eigenvalue weighted by atomic mass is 10.1. The fourth-order valence-electron chi connectivity index (χ4n) is 1.37. The van der Waals surface area contributed by atoms with Gasteiger partial charge in [0.2, 0.25) is 0 Å². The molecule has 1 aromatic rings. The van der Waals surface area contributed by atoms with E-state index < -0.39 is 23.6 Å². The van der Waals surface area contributed by atoms with E-state index in [1.165, 1.54) is 7.11 Å². The van der Waals surface area contributed by atoms with E-state index in [1.807, 2.05) is 4.98 Å². The highest BCUT2D eigenvalue weighted by atomic mass is 19.3. The van der Waals surface area contributed by atoms with Crippen molar-refractivity contribution in [1.82, 2.24) is 4.98 Å². The van der Waals surface area contributed by atoms with Crippen LogP contribution in [0.1, 0.15) is 23.2 Å². The number of methoxy groups -OCH3 is 1. The summed E-state index contributed by atoms with van der Waals surface area (Å²) in [6, 6.07) is 1.09. The second kappa shape index (κ2) is 5.53. The molecule has 0 radical (unpaired) electrons. The molecule has 7 heteroatoms. The molecule has 0 spiro atoms. The second-order valence-corrected chi connectivity index (χ2v) is 3.32. The van der Waals surface area contributed by atoms with Crippen LogP contribution in [0.2, 0.25) is 0 Å². The Kier molecular flexibility index (Phi) is 4.33. The smallest absolute Gasteiger partial charge is 0.310 e. The third kappa shape index (κ3) is 3.10. The topological polar surface area (TPSA) is 85.2 Å². The van der Waals surface area contributed by atoms with E-state index in [2.05, 4.69) is 4.74 Å². The first-order chi connectivity index (χ1) is 7.99. The molecule has 94 valence electrons. The van der Waals surface area contributed by atoms with Crippen LogP contribution in [0.15, 0.2) is 10.9 Å². The van der Waals surface area contributed by atoms with Crippen molar-refractivity contribution in [3.8, 4) is 0 Å². The van der Waals surface area contributed by atoms with Gasteiger partial charge in [0, 0.05) is 12.1 Å². The van der Waals surface area contributed by atoms with Gasteiger partial charge >= 0.3 is 5.97 Å². The molecule has 3 N–H and O–H groups in total. The molecule has 0 aliphatic rings. The number of pyridine rings is 1. The van der Waals surface area contributed by atoms with Crippen molar-refractivity contribution in [1.29, 1.82) is 0 Å². The summed E-state index contributed by atoms with van der Waals surface area (Å²) in [5.74, 6) is -0.630. The fourth-order valence-corrected chi connectivity index (χ4v) is 1.37. The average Bonchev–Trinajstić information content (AvgIpc) is 2.30. The predicted octanol–water partition coefficient (Wildman–Crippen LogP) is 0.487. The Morgan fingerprint density at radius 2 is 2.24 bits per heavy atom. The number of nitrogens with one attached hydrogen (secondary N) is 1. The summed E-state index contributed by atoms with van der Waals surface area (Å²) in [7, 11) is 1.17. The minimum atomic E-state index is -2.79. The molecule has 0 bridgehead atoms. The summed E-state index contributed by atoms with van der Waals surface area (Å²) in [5.41, 5.74) is 4.38. The van der Waals surface area contributed by atoms with Crippen LogP contribution in [0, 0.1) is 0 Å². The van der Waals surface area contributed by atoms with Crippen LogP contribution in [-0.4, -0.2) is 18.1 Å². The van der Waals surface area contributed by atoms with Crippen LogP contribution < -0.4 is 11.3 Å². The predicted molar refractivity (Wildman–Crippen MR) is 55.6 cm³/mol. The number of aromatic amines is 1. The lowest BCUT2D eigenvalue weighted by molar-refractivity contribution is -0.139. The molecule has 1 heterocycles. The quantitative estimate of drug-likeness (QED) is 0.757. The highest BCUT2D eigenvalue weighted by Crippen LogP contribution is 2.17. The van der Waals surface area contributed by atoms with E-state index in [-0.39, 0.29) is 24.1 Å². The molecule has 0 fully saturated rings. The number of rotatable bonds is 4. The van der Waals surface area contributed by atoms with Crippen LogP contribution in [-0.2, 0) is 22.5 Å². The van der Waals surface area contributed by atoms with Crippen molar-refractivity contribution in [2.24, 2.45) is 5.73 Å². The summed E-state index contributed by atoms with van der Waals surface area (Å²) in [6.45, 7) is -0.101. The highest BCUT2D eigenvalue weighted by molar-refractivity contribution is 5.72. The van der Waals surface area contributed by atoms with Gasteiger partial charge in [-0.25, -0.2) is 8.78 Å². The minimum Gasteiger partial charge on any atom is -0.469 e. The van der Waals surface area contributed by atoms with Gasteiger partial charge in [0.25, 0.3) is 12.0 Å². The molecular formula is C10H12F2N2O3. The van der Waals surface area contributed by atoms with Crippen molar-refractivity contribution in [3.63, 3.8) is 0 Å². The maximum absolute atomic E-state index is 12.4. The molecule has 0 atom stereocenters. The number of hydrogen-bond acceptors (Lipinski definition) is 4. The number of aromatic nitrogens is 1. The largest absolute Gasteiger partial charge is 0.469 e. The Bertz CT molecular complexity index is 471. The minimum absolute atomic E-state index is 0.0590. The number of esters is 1. The van der Waals surface area contributed by atoms with Crippen LogP contribution in [0.4, 0.5) is 8.78 Å². The van der Waals surface area contributed by atoms with E-state index in [4.69, 9.17) is 5.73 Å². The van der Waals surface area contributed by atoms with E-state index in [0.717, 1.165) is 6.07 Å². The highest BCUT2D eigenvalue weighted by Gasteiger charge is 2.16. The first-order valence-corrected chi connectivity index (χ1v) is 4.79. The van der Waals surface area contributed by atoms with Crippen molar-refractivity contribution in [3.05, 3.63) is 33.2 Å². The number of carbonyl (C=O) groups is 1. The summed E-state index contributed by atoms with van der Waals surface area (Å²) in [5, 5.41) is 0. The Morgan fingerprint density at radius 1 is 1.59 bits per heavy atom. The maximum atomic E-state index is 12.4. The van der Waals surface area contributed by atoms with E-state index in [1.54, 1.807) is 0 Å². The molecule has 17 heavy (non-hydrogen) atoms. The first-order valence-electron chi connectivity index (χ1n) is 4.79. The van der Waals surface area contributed by atoms with Gasteiger partial charge in [-0.15, -0.1) is 0 Å². The van der Waals surface area contributed by atoms with Gasteiger partial charge in [-0.05, 0) is 11.6 Å². The zero-order valence-electron chi connectivity index (χ0n) is 9.13. The van der Waals surface area contributed by atoms with Crippen molar-refractivity contribution in [2.45, 2.75) is 19.4 Å². The summed E-state index contributed by atoms with van der Waals surface area (Å²) in [6.07, 6.45) is -3.08. The number of H-pyrrole nitrogens is 1. The normalized spacial score (nSPS) is 10.6. The third-order valence-electron chi connectivity index (χ3n) is 2.25. The van der Waals surface area contributed by atoms with Gasteiger partial charge in [0.15, 0.2) is 0 Å². The molecule has 0 aromatic carbocycles. The number of alkyl halides is 2. The zero-order valence-corrected chi connectivity index (χ0v) is 9.13. The van der Waals surface area contributed by atoms with Gasteiger partial charge < -0.3 is 15.5 Å². The fraction of sp³-hybridized carbons (Fsp3) is 0.400. The van der Waals surface area contributed by atoms with Crippen molar-refractivity contribution >= 4 is 5.97 Å². The summed E-state index contributed by atoms with van der Waals surface area (Å²) in [4.78, 5) is 24.6. The summed E-state index contributed by atoms with van der Waals surface area (Å²) >= 11 is 0. The maximum Gasteiger partial charge on any atom is 0.310 e. The number of hydrogen-bond donors (Lipinski definition) is 2. The van der Waals surface area contributed by atoms with E-state index >= 15 is 0 Å². The number of ether oxygens (including phenoxy) is 1. The first kappa shape index (κ1) is 13.3. The molecule has 0 amide bonds. The van der Waals surface area contributed by atoms with Crippen LogP contribution >= 0.6 is 0 Å². The molecule has 0 unspecified atom stereocenters. The molecular weight excluding hydrogens is 234 g/mol. The summed E-state index contributed by atoms with van der Waals surface area (Å²) < 4.78 is 29.2. The van der Waals surface area contributed by atoms with E-state index in [9.17, 15) is 18.4 Å². The zero-order chi connectivity index (χ0) is 13.0. The van der Waals surface area contributed by atoms with Gasteiger partial charge in [0.1, 0.15) is 0 Å². The standard InChI is InChI=1S/C10H12F2N2O3/c1-17-8(15)3-6-5(4-13)2-7(9(11)12)14-10(6)16/h2,9H,3-4,13H2,1H3,(H,14,16). The number of nitrogens with two attached hydrogens (primary N) is 1. The van der Waals surface area contributed by atoms with Crippen molar-refractivity contribution in [2.75, 3.05) is 7.11 Å². The molecule has 5 nitrogen and oxygen atoms in total. The Labute approximate surface area is 95.6 Å². The molecule has 0 aliphatic carbocycles. The Balaban J connectivity index is 3.21. The van der Waals surface area contributed by atoms with Crippen LogP contribution in [0.5, 0.6) is 0 Å². The van der Waals surface area contributed by atoms with Crippen LogP contribution in [0.25, 0.3) is 0 Å².